The average Bonchev–Trinajstić information content (AvgIpc) is 3.23. The zero-order chi connectivity index (χ0) is 16.7. The molecule has 1 aromatic carbocycles. The van der Waals surface area contributed by atoms with Gasteiger partial charge in [-0.2, -0.15) is 13.2 Å². The van der Waals surface area contributed by atoms with E-state index in [-0.39, 0.29) is 0 Å². The number of alkyl halides is 3. The van der Waals surface area contributed by atoms with Gasteiger partial charge in [0.15, 0.2) is 0 Å². The molecule has 7 heteroatoms. The maximum Gasteiger partial charge on any atom is 0.417 e. The maximum atomic E-state index is 12.8. The van der Waals surface area contributed by atoms with Crippen molar-refractivity contribution in [3.63, 3.8) is 0 Å². The van der Waals surface area contributed by atoms with Gasteiger partial charge in [0.2, 0.25) is 0 Å². The molecule has 3 nitrogen and oxygen atoms in total. The highest BCUT2D eigenvalue weighted by molar-refractivity contribution is 7.07. The molecule has 0 saturated carbocycles. The lowest BCUT2D eigenvalue weighted by Crippen LogP contribution is -2.05. The molecule has 0 spiro atoms. The minimum absolute atomic E-state index is 0.470. The number of rotatable bonds is 2. The molecule has 0 saturated heterocycles. The van der Waals surface area contributed by atoms with Gasteiger partial charge >= 0.3 is 6.18 Å². The standard InChI is InChI=1S/C17H10F3N3S/c18-17(19,20)13-4-5-16-22-14(8-23(16)7-13)11-2-1-3-12(6-11)15-9-24-10-21-15/h1-10H. The Morgan fingerprint density at radius 3 is 2.46 bits per heavy atom. The highest BCUT2D eigenvalue weighted by atomic mass is 32.1. The van der Waals surface area contributed by atoms with Gasteiger partial charge in [-0.3, -0.25) is 0 Å². The van der Waals surface area contributed by atoms with Crippen LogP contribution in [0.15, 0.2) is 59.7 Å². The molecule has 0 fully saturated rings. The van der Waals surface area contributed by atoms with E-state index in [0.29, 0.717) is 11.3 Å². The van der Waals surface area contributed by atoms with E-state index in [1.807, 2.05) is 29.6 Å². The van der Waals surface area contributed by atoms with Gasteiger partial charge in [0.05, 0.1) is 22.5 Å². The monoisotopic (exact) mass is 345 g/mol. The van der Waals surface area contributed by atoms with Crippen LogP contribution in [0.5, 0.6) is 0 Å². The number of fused-ring (bicyclic) bond motifs is 1. The second-order valence-electron chi connectivity index (χ2n) is 5.26. The van der Waals surface area contributed by atoms with Gasteiger partial charge in [0.1, 0.15) is 5.65 Å². The van der Waals surface area contributed by atoms with Crippen molar-refractivity contribution in [1.82, 2.24) is 14.4 Å². The molecular weight excluding hydrogens is 335 g/mol. The molecule has 0 bridgehead atoms. The highest BCUT2D eigenvalue weighted by Crippen LogP contribution is 2.30. The molecule has 24 heavy (non-hydrogen) atoms. The van der Waals surface area contributed by atoms with Crippen LogP contribution in [0.4, 0.5) is 13.2 Å². The molecule has 0 aliphatic heterocycles. The summed E-state index contributed by atoms with van der Waals surface area (Å²) in [7, 11) is 0. The molecule has 3 aromatic heterocycles. The van der Waals surface area contributed by atoms with Crippen molar-refractivity contribution in [2.75, 3.05) is 0 Å². The van der Waals surface area contributed by atoms with Gasteiger partial charge in [-0.1, -0.05) is 18.2 Å². The minimum atomic E-state index is -4.37. The van der Waals surface area contributed by atoms with E-state index in [9.17, 15) is 13.2 Å². The molecule has 0 aliphatic carbocycles. The predicted molar refractivity (Wildman–Crippen MR) is 86.7 cm³/mol. The summed E-state index contributed by atoms with van der Waals surface area (Å²) in [6, 6.07) is 10.0. The van der Waals surface area contributed by atoms with E-state index >= 15 is 0 Å². The van der Waals surface area contributed by atoms with Crippen LogP contribution in [-0.4, -0.2) is 14.4 Å². The molecule has 0 radical (unpaired) electrons. The molecule has 3 heterocycles. The third-order valence-electron chi connectivity index (χ3n) is 3.66. The van der Waals surface area contributed by atoms with Gasteiger partial charge in [-0.05, 0) is 18.2 Å². The first-order valence-electron chi connectivity index (χ1n) is 7.06. The molecule has 0 unspecified atom stereocenters. The Kier molecular flexibility index (Phi) is 3.38. The molecule has 0 N–H and O–H groups in total. The maximum absolute atomic E-state index is 12.8. The molecule has 0 aliphatic rings. The molecule has 0 atom stereocenters. The lowest BCUT2D eigenvalue weighted by atomic mass is 10.1. The Labute approximate surface area is 139 Å². The Morgan fingerprint density at radius 2 is 1.75 bits per heavy atom. The largest absolute Gasteiger partial charge is 0.417 e. The fraction of sp³-hybridized carbons (Fsp3) is 0.0588. The number of benzene rings is 1. The summed E-state index contributed by atoms with van der Waals surface area (Å²) in [4.78, 5) is 8.68. The van der Waals surface area contributed by atoms with Crippen molar-refractivity contribution in [2.24, 2.45) is 0 Å². The number of imidazole rings is 1. The van der Waals surface area contributed by atoms with Crippen LogP contribution >= 0.6 is 11.3 Å². The fourth-order valence-corrected chi connectivity index (χ4v) is 3.05. The number of thiazole rings is 1. The summed E-state index contributed by atoms with van der Waals surface area (Å²) in [6.07, 6.45) is -1.72. The Hall–Kier alpha value is -2.67. The summed E-state index contributed by atoms with van der Waals surface area (Å²) in [5.41, 5.74) is 4.79. The third-order valence-corrected chi connectivity index (χ3v) is 4.25. The summed E-state index contributed by atoms with van der Waals surface area (Å²) in [6.45, 7) is 0. The predicted octanol–water partition coefficient (Wildman–Crippen LogP) is 5.14. The quantitative estimate of drug-likeness (QED) is 0.503. The number of pyridine rings is 1. The molecular formula is C17H10F3N3S. The van der Waals surface area contributed by atoms with Crippen LogP contribution in [0.1, 0.15) is 5.56 Å². The Morgan fingerprint density at radius 1 is 0.958 bits per heavy atom. The topological polar surface area (TPSA) is 30.2 Å². The van der Waals surface area contributed by atoms with E-state index in [2.05, 4.69) is 9.97 Å². The number of nitrogens with zero attached hydrogens (tertiary/aromatic N) is 3. The van der Waals surface area contributed by atoms with Crippen molar-refractivity contribution >= 4 is 17.0 Å². The van der Waals surface area contributed by atoms with Crippen molar-refractivity contribution in [2.45, 2.75) is 6.18 Å². The van der Waals surface area contributed by atoms with E-state index < -0.39 is 11.7 Å². The van der Waals surface area contributed by atoms with E-state index in [1.165, 1.54) is 21.8 Å². The second kappa shape index (κ2) is 5.45. The zero-order valence-corrected chi connectivity index (χ0v) is 13.0. The van der Waals surface area contributed by atoms with Crippen LogP contribution in [0, 0.1) is 0 Å². The van der Waals surface area contributed by atoms with Crippen LogP contribution < -0.4 is 0 Å². The summed E-state index contributed by atoms with van der Waals surface area (Å²) < 4.78 is 39.8. The van der Waals surface area contributed by atoms with Crippen LogP contribution in [0.2, 0.25) is 0 Å². The average molecular weight is 345 g/mol. The zero-order valence-electron chi connectivity index (χ0n) is 12.2. The van der Waals surface area contributed by atoms with Crippen LogP contribution in [0.25, 0.3) is 28.2 Å². The third kappa shape index (κ3) is 2.67. The lowest BCUT2D eigenvalue weighted by Gasteiger charge is -2.05. The first-order valence-corrected chi connectivity index (χ1v) is 8.00. The van der Waals surface area contributed by atoms with Crippen molar-refractivity contribution < 1.29 is 13.2 Å². The Balaban J connectivity index is 1.78. The van der Waals surface area contributed by atoms with Crippen LogP contribution in [0.3, 0.4) is 0 Å². The normalized spacial score (nSPS) is 12.0. The molecule has 4 rings (SSSR count). The molecule has 120 valence electrons. The van der Waals surface area contributed by atoms with Gasteiger partial charge < -0.3 is 4.40 Å². The molecule has 0 amide bonds. The SMILES string of the molecule is FC(F)(F)c1ccc2nc(-c3cccc(-c4cscn4)c3)cn2c1. The fourth-order valence-electron chi connectivity index (χ4n) is 2.49. The van der Waals surface area contributed by atoms with Crippen molar-refractivity contribution in [1.29, 1.82) is 0 Å². The number of aromatic nitrogens is 3. The highest BCUT2D eigenvalue weighted by Gasteiger charge is 2.30. The second-order valence-corrected chi connectivity index (χ2v) is 5.98. The van der Waals surface area contributed by atoms with Gasteiger partial charge in [0, 0.05) is 28.9 Å². The van der Waals surface area contributed by atoms with Crippen LogP contribution in [-0.2, 0) is 6.18 Å². The first kappa shape index (κ1) is 14.9. The Bertz CT molecular complexity index is 1000. The van der Waals surface area contributed by atoms with E-state index in [0.717, 1.165) is 29.1 Å². The summed E-state index contributed by atoms with van der Waals surface area (Å²) in [5.74, 6) is 0. The lowest BCUT2D eigenvalue weighted by molar-refractivity contribution is -0.137. The van der Waals surface area contributed by atoms with Crippen molar-refractivity contribution in [3.05, 3.63) is 65.2 Å². The van der Waals surface area contributed by atoms with E-state index in [1.54, 1.807) is 11.7 Å². The van der Waals surface area contributed by atoms with E-state index in [4.69, 9.17) is 0 Å². The smallest absolute Gasteiger partial charge is 0.306 e. The first-order chi connectivity index (χ1) is 11.5. The van der Waals surface area contributed by atoms with Gasteiger partial charge in [-0.15, -0.1) is 11.3 Å². The van der Waals surface area contributed by atoms with Crippen molar-refractivity contribution in [3.8, 4) is 22.5 Å². The molecule has 4 aromatic rings. The number of hydrogen-bond acceptors (Lipinski definition) is 3. The van der Waals surface area contributed by atoms with Gasteiger partial charge in [-0.25, -0.2) is 9.97 Å². The van der Waals surface area contributed by atoms with Gasteiger partial charge in [0.25, 0.3) is 0 Å². The summed E-state index contributed by atoms with van der Waals surface area (Å²) >= 11 is 1.51. The summed E-state index contributed by atoms with van der Waals surface area (Å²) in [5, 5.41) is 1.94. The number of hydrogen-bond donors (Lipinski definition) is 0. The number of halogens is 3. The minimum Gasteiger partial charge on any atom is -0.306 e.